The molecule has 0 aromatic carbocycles. The van der Waals surface area contributed by atoms with E-state index in [-0.39, 0.29) is 12.2 Å². The largest absolute Gasteiger partial charge is 0.338 e. The number of Topliss-reactive ketones (excluding diaryl/α,β-unsaturated/α-hetero) is 1. The highest BCUT2D eigenvalue weighted by molar-refractivity contribution is 7.09. The number of ketones is 1. The van der Waals surface area contributed by atoms with E-state index in [2.05, 4.69) is 9.97 Å². The van der Waals surface area contributed by atoms with Crippen LogP contribution in [0.15, 0.2) is 17.8 Å². The van der Waals surface area contributed by atoms with Gasteiger partial charge < -0.3 is 10.3 Å². The van der Waals surface area contributed by atoms with E-state index in [9.17, 15) is 4.79 Å². The lowest BCUT2D eigenvalue weighted by molar-refractivity contribution is 0.0985. The number of hydrogen-bond donors (Lipinski definition) is 1. The molecule has 0 aliphatic carbocycles. The molecular weight excluding hydrogens is 236 g/mol. The van der Waals surface area contributed by atoms with Crippen LogP contribution in [0, 0.1) is 0 Å². The molecule has 2 aromatic heterocycles. The molecule has 5 nitrogen and oxygen atoms in total. The number of aryl methyl sites for hydroxylation is 1. The molecule has 0 radical (unpaired) electrons. The van der Waals surface area contributed by atoms with E-state index < -0.39 is 0 Å². The van der Waals surface area contributed by atoms with Crippen molar-refractivity contribution < 1.29 is 4.79 Å². The Labute approximate surface area is 103 Å². The first kappa shape index (κ1) is 11.9. The summed E-state index contributed by atoms with van der Waals surface area (Å²) in [5.41, 5.74) is 5.96. The smallest absolute Gasteiger partial charge is 0.189 e. The lowest BCUT2D eigenvalue weighted by Gasteiger charge is -1.98. The second-order valence-corrected chi connectivity index (χ2v) is 4.66. The fourth-order valence-electron chi connectivity index (χ4n) is 1.48. The van der Waals surface area contributed by atoms with Crippen molar-refractivity contribution in [3.63, 3.8) is 0 Å². The maximum atomic E-state index is 11.9. The van der Waals surface area contributed by atoms with Crippen molar-refractivity contribution >= 4 is 17.1 Å². The van der Waals surface area contributed by atoms with Crippen LogP contribution in [0.4, 0.5) is 0 Å². The van der Waals surface area contributed by atoms with Crippen molar-refractivity contribution in [3.05, 3.63) is 34.3 Å². The van der Waals surface area contributed by atoms with Gasteiger partial charge in [0.25, 0.3) is 0 Å². The molecule has 0 bridgehead atoms. The highest BCUT2D eigenvalue weighted by Crippen LogP contribution is 2.12. The van der Waals surface area contributed by atoms with Crippen LogP contribution < -0.4 is 5.73 Å². The van der Waals surface area contributed by atoms with Gasteiger partial charge >= 0.3 is 0 Å². The topological polar surface area (TPSA) is 73.8 Å². The zero-order valence-corrected chi connectivity index (χ0v) is 10.4. The molecule has 0 atom stereocenters. The molecule has 0 fully saturated rings. The van der Waals surface area contributed by atoms with Crippen molar-refractivity contribution in [3.8, 4) is 0 Å². The minimum Gasteiger partial charge on any atom is -0.338 e. The van der Waals surface area contributed by atoms with Crippen molar-refractivity contribution in [1.82, 2.24) is 14.5 Å². The third kappa shape index (κ3) is 2.78. The first-order valence-corrected chi connectivity index (χ1v) is 6.22. The van der Waals surface area contributed by atoms with Crippen molar-refractivity contribution in [1.29, 1.82) is 0 Å². The second kappa shape index (κ2) is 5.20. The molecule has 2 aromatic rings. The van der Waals surface area contributed by atoms with E-state index in [1.807, 2.05) is 17.8 Å². The summed E-state index contributed by atoms with van der Waals surface area (Å²) in [5.74, 6) is 0.752. The van der Waals surface area contributed by atoms with Crippen LogP contribution in [0.5, 0.6) is 0 Å². The Bertz CT molecular complexity index is 517. The molecule has 0 saturated heterocycles. The van der Waals surface area contributed by atoms with Gasteiger partial charge in [0.2, 0.25) is 0 Å². The summed E-state index contributed by atoms with van der Waals surface area (Å²) in [4.78, 5) is 20.3. The molecule has 90 valence electrons. The first-order chi connectivity index (χ1) is 8.20. The predicted octanol–water partition coefficient (Wildman–Crippen LogP) is 0.803. The molecule has 0 spiro atoms. The number of aromatic nitrogens is 3. The number of imidazole rings is 1. The van der Waals surface area contributed by atoms with Gasteiger partial charge in [-0.25, -0.2) is 9.97 Å². The Morgan fingerprint density at radius 1 is 1.59 bits per heavy atom. The number of carbonyl (C=O) groups is 1. The van der Waals surface area contributed by atoms with Gasteiger partial charge in [-0.3, -0.25) is 4.79 Å². The minimum atomic E-state index is -0.00109. The zero-order valence-electron chi connectivity index (χ0n) is 9.59. The summed E-state index contributed by atoms with van der Waals surface area (Å²) in [6.07, 6.45) is 4.52. The summed E-state index contributed by atoms with van der Waals surface area (Å²) < 4.78 is 1.84. The highest BCUT2D eigenvalue weighted by Gasteiger charge is 2.13. The Balaban J connectivity index is 2.07. The summed E-state index contributed by atoms with van der Waals surface area (Å²) in [6.45, 7) is 0.556. The predicted molar refractivity (Wildman–Crippen MR) is 66.1 cm³/mol. The van der Waals surface area contributed by atoms with Crippen LogP contribution in [0.2, 0.25) is 0 Å². The fraction of sp³-hybridized carbons (Fsp3) is 0.364. The van der Waals surface area contributed by atoms with Crippen LogP contribution in [0.3, 0.4) is 0 Å². The number of carbonyl (C=O) groups excluding carboxylic acids is 1. The molecule has 0 saturated carbocycles. The Kier molecular flexibility index (Phi) is 3.65. The van der Waals surface area contributed by atoms with Crippen LogP contribution in [-0.4, -0.2) is 26.9 Å². The van der Waals surface area contributed by atoms with Gasteiger partial charge in [0.05, 0.1) is 11.4 Å². The number of nitrogens with two attached hydrogens (primary N) is 1. The lowest BCUT2D eigenvalue weighted by Crippen LogP contribution is -2.09. The Hall–Kier alpha value is -1.53. The molecule has 0 unspecified atom stereocenters. The van der Waals surface area contributed by atoms with Crippen molar-refractivity contribution in [2.45, 2.75) is 12.8 Å². The summed E-state index contributed by atoms with van der Waals surface area (Å²) in [6, 6.07) is 0. The molecule has 6 heteroatoms. The van der Waals surface area contributed by atoms with E-state index in [0.717, 1.165) is 17.3 Å². The van der Waals surface area contributed by atoms with Crippen LogP contribution in [0.1, 0.15) is 21.3 Å². The average molecular weight is 250 g/mol. The van der Waals surface area contributed by atoms with Crippen LogP contribution in [-0.2, 0) is 19.9 Å². The van der Waals surface area contributed by atoms with E-state index in [1.54, 1.807) is 11.6 Å². The Morgan fingerprint density at radius 2 is 2.41 bits per heavy atom. The van der Waals surface area contributed by atoms with Gasteiger partial charge in [0.15, 0.2) is 5.78 Å². The van der Waals surface area contributed by atoms with E-state index in [1.165, 1.54) is 11.3 Å². The summed E-state index contributed by atoms with van der Waals surface area (Å²) in [5, 5.41) is 2.70. The molecular formula is C11H14N4OS. The van der Waals surface area contributed by atoms with Gasteiger partial charge in [0, 0.05) is 31.2 Å². The molecule has 0 aliphatic rings. The van der Waals surface area contributed by atoms with E-state index in [4.69, 9.17) is 5.73 Å². The van der Waals surface area contributed by atoms with Crippen molar-refractivity contribution in [2.24, 2.45) is 12.8 Å². The Morgan fingerprint density at radius 3 is 3.06 bits per heavy atom. The molecule has 0 aliphatic heterocycles. The highest BCUT2D eigenvalue weighted by atomic mass is 32.1. The number of nitrogens with zero attached hydrogens (tertiary/aromatic N) is 3. The number of rotatable bonds is 5. The normalized spacial score (nSPS) is 10.7. The van der Waals surface area contributed by atoms with Crippen LogP contribution >= 0.6 is 11.3 Å². The van der Waals surface area contributed by atoms with Gasteiger partial charge in [-0.15, -0.1) is 11.3 Å². The number of thiazole rings is 1. The number of hydrogen-bond acceptors (Lipinski definition) is 5. The maximum Gasteiger partial charge on any atom is 0.189 e. The SMILES string of the molecule is Cn1ccnc1CC(=O)c1csc(CCN)n1. The van der Waals surface area contributed by atoms with Crippen molar-refractivity contribution in [2.75, 3.05) is 6.54 Å². The van der Waals surface area contributed by atoms with Gasteiger partial charge in [-0.2, -0.15) is 0 Å². The van der Waals surface area contributed by atoms with Crippen LogP contribution in [0.25, 0.3) is 0 Å². The average Bonchev–Trinajstić information content (AvgIpc) is 2.90. The standard InChI is InChI=1S/C11H14N4OS/c1-15-5-4-13-10(15)6-9(16)8-7-17-11(14-8)2-3-12/h4-5,7H,2-3,6,12H2,1H3. The third-order valence-corrected chi connectivity index (χ3v) is 3.34. The maximum absolute atomic E-state index is 11.9. The summed E-state index contributed by atoms with van der Waals surface area (Å²) in [7, 11) is 1.87. The molecule has 2 N–H and O–H groups in total. The first-order valence-electron chi connectivity index (χ1n) is 5.34. The third-order valence-electron chi connectivity index (χ3n) is 2.44. The molecule has 2 heterocycles. The van der Waals surface area contributed by atoms with E-state index >= 15 is 0 Å². The molecule has 0 amide bonds. The molecule has 2 rings (SSSR count). The zero-order chi connectivity index (χ0) is 12.3. The lowest BCUT2D eigenvalue weighted by atomic mass is 10.2. The monoisotopic (exact) mass is 250 g/mol. The van der Waals surface area contributed by atoms with E-state index in [0.29, 0.717) is 12.2 Å². The van der Waals surface area contributed by atoms with Gasteiger partial charge in [-0.05, 0) is 6.54 Å². The summed E-state index contributed by atoms with van der Waals surface area (Å²) >= 11 is 1.48. The fourth-order valence-corrected chi connectivity index (χ4v) is 2.30. The minimum absolute atomic E-state index is 0.00109. The van der Waals surface area contributed by atoms with Gasteiger partial charge in [-0.1, -0.05) is 0 Å². The second-order valence-electron chi connectivity index (χ2n) is 3.72. The quantitative estimate of drug-likeness (QED) is 0.797. The van der Waals surface area contributed by atoms with Gasteiger partial charge in [0.1, 0.15) is 11.5 Å². The molecule has 17 heavy (non-hydrogen) atoms.